The van der Waals surface area contributed by atoms with Crippen LogP contribution < -0.4 is 0 Å². The van der Waals surface area contributed by atoms with Crippen LogP contribution in [0.5, 0.6) is 0 Å². The summed E-state index contributed by atoms with van der Waals surface area (Å²) in [5, 5.41) is 0. The Morgan fingerprint density at radius 2 is 2.05 bits per heavy atom. The first-order valence-corrected chi connectivity index (χ1v) is 7.18. The molecule has 0 bridgehead atoms. The molecule has 4 heteroatoms. The van der Waals surface area contributed by atoms with Crippen LogP contribution in [0.25, 0.3) is 0 Å². The zero-order valence-electron chi connectivity index (χ0n) is 13.3. The topological polar surface area (TPSA) is 46.6 Å². The highest BCUT2D eigenvalue weighted by atomic mass is 16.5. The molecule has 4 nitrogen and oxygen atoms in total. The molecule has 0 fully saturated rings. The van der Waals surface area contributed by atoms with Crippen molar-refractivity contribution in [2.45, 2.75) is 26.3 Å². The summed E-state index contributed by atoms with van der Waals surface area (Å²) in [4.78, 5) is 25.3. The summed E-state index contributed by atoms with van der Waals surface area (Å²) in [6.07, 6.45) is 2.14. The molecular weight excluding hydrogens is 278 g/mol. The highest BCUT2D eigenvalue weighted by molar-refractivity contribution is 5.93. The quantitative estimate of drug-likeness (QED) is 0.421. The number of esters is 1. The van der Waals surface area contributed by atoms with Crippen molar-refractivity contribution in [1.29, 1.82) is 0 Å². The summed E-state index contributed by atoms with van der Waals surface area (Å²) in [5.74, 6) is -0.506. The van der Waals surface area contributed by atoms with E-state index in [1.165, 1.54) is 7.11 Å². The van der Waals surface area contributed by atoms with E-state index in [9.17, 15) is 9.59 Å². The molecule has 0 unspecified atom stereocenters. The fourth-order valence-electron chi connectivity index (χ4n) is 2.09. The molecule has 1 aromatic rings. The Bertz CT molecular complexity index is 563. The van der Waals surface area contributed by atoms with E-state index in [1.807, 2.05) is 31.2 Å². The van der Waals surface area contributed by atoms with Gasteiger partial charge in [-0.05, 0) is 18.9 Å². The molecule has 0 heterocycles. The van der Waals surface area contributed by atoms with Gasteiger partial charge in [0.25, 0.3) is 0 Å². The largest absolute Gasteiger partial charge is 0.469 e. The standard InChI is InChI=1S/C18H23NO3/c1-5-11-19(13-16-8-6-7-14(2)12-16)18(21)15(3)9-10-17(20)22-4/h5-8,12H,1,3,9-11,13H2,2,4H3. The lowest BCUT2D eigenvalue weighted by Crippen LogP contribution is -2.31. The summed E-state index contributed by atoms with van der Waals surface area (Å²) in [6.45, 7) is 10.4. The van der Waals surface area contributed by atoms with Crippen LogP contribution in [-0.4, -0.2) is 30.4 Å². The lowest BCUT2D eigenvalue weighted by Gasteiger charge is -2.22. The van der Waals surface area contributed by atoms with Crippen LogP contribution in [0.15, 0.2) is 49.1 Å². The summed E-state index contributed by atoms with van der Waals surface area (Å²) in [5.41, 5.74) is 2.60. The van der Waals surface area contributed by atoms with Crippen LogP contribution >= 0.6 is 0 Å². The Morgan fingerprint density at radius 3 is 2.64 bits per heavy atom. The normalized spacial score (nSPS) is 9.91. The van der Waals surface area contributed by atoms with Crippen molar-refractivity contribution < 1.29 is 14.3 Å². The van der Waals surface area contributed by atoms with Gasteiger partial charge in [0.15, 0.2) is 0 Å². The third-order valence-corrected chi connectivity index (χ3v) is 3.25. The second-order valence-corrected chi connectivity index (χ2v) is 5.14. The lowest BCUT2D eigenvalue weighted by atomic mass is 10.1. The zero-order valence-corrected chi connectivity index (χ0v) is 13.3. The molecule has 1 aromatic carbocycles. The van der Waals surface area contributed by atoms with Crippen molar-refractivity contribution in [3.63, 3.8) is 0 Å². The van der Waals surface area contributed by atoms with Gasteiger partial charge in [-0.15, -0.1) is 6.58 Å². The first kappa shape index (κ1) is 17.7. The van der Waals surface area contributed by atoms with E-state index in [1.54, 1.807) is 11.0 Å². The van der Waals surface area contributed by atoms with Crippen molar-refractivity contribution in [3.8, 4) is 0 Å². The lowest BCUT2D eigenvalue weighted by molar-refractivity contribution is -0.140. The summed E-state index contributed by atoms with van der Waals surface area (Å²) >= 11 is 0. The molecular formula is C18H23NO3. The maximum absolute atomic E-state index is 12.4. The summed E-state index contributed by atoms with van der Waals surface area (Å²) < 4.78 is 4.58. The molecule has 0 N–H and O–H groups in total. The molecule has 0 radical (unpaired) electrons. The molecule has 118 valence electrons. The zero-order chi connectivity index (χ0) is 16.5. The number of nitrogens with zero attached hydrogens (tertiary/aromatic N) is 1. The highest BCUT2D eigenvalue weighted by Crippen LogP contribution is 2.13. The van der Waals surface area contributed by atoms with Crippen LogP contribution in [0.4, 0.5) is 0 Å². The molecule has 22 heavy (non-hydrogen) atoms. The van der Waals surface area contributed by atoms with Crippen molar-refractivity contribution >= 4 is 11.9 Å². The Hall–Kier alpha value is -2.36. The average Bonchev–Trinajstić information content (AvgIpc) is 2.51. The van der Waals surface area contributed by atoms with Crippen molar-refractivity contribution in [1.82, 2.24) is 4.90 Å². The van der Waals surface area contributed by atoms with Crippen molar-refractivity contribution in [3.05, 3.63) is 60.2 Å². The minimum atomic E-state index is -0.345. The van der Waals surface area contributed by atoms with E-state index in [2.05, 4.69) is 17.9 Å². The van der Waals surface area contributed by atoms with E-state index in [0.717, 1.165) is 11.1 Å². The molecule has 0 aliphatic heterocycles. The van der Waals surface area contributed by atoms with Crippen LogP contribution in [0, 0.1) is 6.92 Å². The van der Waals surface area contributed by atoms with Gasteiger partial charge in [0.1, 0.15) is 0 Å². The highest BCUT2D eigenvalue weighted by Gasteiger charge is 2.17. The number of rotatable bonds is 8. The van der Waals surface area contributed by atoms with Crippen LogP contribution in [0.1, 0.15) is 24.0 Å². The summed E-state index contributed by atoms with van der Waals surface area (Å²) in [7, 11) is 1.33. The van der Waals surface area contributed by atoms with Gasteiger partial charge in [-0.1, -0.05) is 42.5 Å². The predicted molar refractivity (Wildman–Crippen MR) is 87.2 cm³/mol. The number of amides is 1. The molecule has 0 saturated carbocycles. The van der Waals surface area contributed by atoms with E-state index >= 15 is 0 Å². The molecule has 0 saturated heterocycles. The van der Waals surface area contributed by atoms with Crippen LogP contribution in [-0.2, 0) is 20.9 Å². The SMILES string of the molecule is C=CCN(Cc1cccc(C)c1)C(=O)C(=C)CCC(=O)OC. The van der Waals surface area contributed by atoms with E-state index in [4.69, 9.17) is 0 Å². The number of hydrogen-bond acceptors (Lipinski definition) is 3. The molecule has 0 aliphatic rings. The average molecular weight is 301 g/mol. The first-order valence-electron chi connectivity index (χ1n) is 7.18. The van der Waals surface area contributed by atoms with Gasteiger partial charge < -0.3 is 9.64 Å². The number of carbonyl (C=O) groups is 2. The Morgan fingerprint density at radius 1 is 1.32 bits per heavy atom. The van der Waals surface area contributed by atoms with Crippen molar-refractivity contribution in [2.75, 3.05) is 13.7 Å². The fourth-order valence-corrected chi connectivity index (χ4v) is 2.09. The van der Waals surface area contributed by atoms with Gasteiger partial charge in [-0.25, -0.2) is 0 Å². The Balaban J connectivity index is 2.72. The van der Waals surface area contributed by atoms with E-state index in [0.29, 0.717) is 25.1 Å². The predicted octanol–water partition coefficient (Wildman–Crippen LogP) is 3.02. The Kier molecular flexibility index (Phi) is 7.09. The van der Waals surface area contributed by atoms with Gasteiger partial charge in [-0.3, -0.25) is 9.59 Å². The number of ether oxygens (including phenoxy) is 1. The first-order chi connectivity index (χ1) is 10.5. The van der Waals surface area contributed by atoms with Gasteiger partial charge in [0.2, 0.25) is 5.91 Å². The Labute approximate surface area is 132 Å². The molecule has 0 aromatic heterocycles. The molecule has 0 spiro atoms. The molecule has 1 rings (SSSR count). The molecule has 1 amide bonds. The smallest absolute Gasteiger partial charge is 0.305 e. The third kappa shape index (κ3) is 5.56. The van der Waals surface area contributed by atoms with Gasteiger partial charge >= 0.3 is 5.97 Å². The number of aryl methyl sites for hydroxylation is 1. The second kappa shape index (κ2) is 8.82. The van der Waals surface area contributed by atoms with Gasteiger partial charge in [0.05, 0.1) is 7.11 Å². The second-order valence-electron chi connectivity index (χ2n) is 5.14. The molecule has 0 atom stereocenters. The van der Waals surface area contributed by atoms with E-state index < -0.39 is 0 Å². The third-order valence-electron chi connectivity index (χ3n) is 3.25. The summed E-state index contributed by atoms with van der Waals surface area (Å²) in [6, 6.07) is 8.00. The fraction of sp³-hybridized carbons (Fsp3) is 0.333. The number of methoxy groups -OCH3 is 1. The minimum absolute atomic E-state index is 0.160. The van der Waals surface area contributed by atoms with Crippen LogP contribution in [0.3, 0.4) is 0 Å². The molecule has 0 aliphatic carbocycles. The number of carbonyl (C=O) groups excluding carboxylic acids is 2. The van der Waals surface area contributed by atoms with E-state index in [-0.39, 0.29) is 18.3 Å². The van der Waals surface area contributed by atoms with Crippen molar-refractivity contribution in [2.24, 2.45) is 0 Å². The maximum Gasteiger partial charge on any atom is 0.305 e. The maximum atomic E-state index is 12.4. The van der Waals surface area contributed by atoms with Crippen LogP contribution in [0.2, 0.25) is 0 Å². The minimum Gasteiger partial charge on any atom is -0.469 e. The number of hydrogen-bond donors (Lipinski definition) is 0. The monoisotopic (exact) mass is 301 g/mol. The van der Waals surface area contributed by atoms with Gasteiger partial charge in [-0.2, -0.15) is 0 Å². The van der Waals surface area contributed by atoms with Gasteiger partial charge in [0, 0.05) is 25.1 Å². The number of benzene rings is 1.